The van der Waals surface area contributed by atoms with E-state index in [4.69, 9.17) is 0 Å². The Hall–Kier alpha value is -1.23. The van der Waals surface area contributed by atoms with Gasteiger partial charge in [-0.05, 0) is 19.7 Å². The van der Waals surface area contributed by atoms with Gasteiger partial charge in [-0.2, -0.15) is 0 Å². The van der Waals surface area contributed by atoms with Gasteiger partial charge in [0, 0.05) is 24.5 Å². The van der Waals surface area contributed by atoms with Crippen LogP contribution in [0.25, 0.3) is 0 Å². The fraction of sp³-hybridized carbons (Fsp3) is 0.357. The van der Waals surface area contributed by atoms with E-state index in [9.17, 15) is 0 Å². The van der Waals surface area contributed by atoms with E-state index in [1.54, 1.807) is 11.3 Å². The summed E-state index contributed by atoms with van der Waals surface area (Å²) in [7, 11) is 4.14. The second-order valence-electron chi connectivity index (χ2n) is 4.38. The molecule has 0 fully saturated rings. The molecule has 0 spiro atoms. The Morgan fingerprint density at radius 2 is 2.11 bits per heavy atom. The van der Waals surface area contributed by atoms with Crippen molar-refractivity contribution in [3.63, 3.8) is 0 Å². The van der Waals surface area contributed by atoms with E-state index in [-0.39, 0.29) is 0 Å². The summed E-state index contributed by atoms with van der Waals surface area (Å²) in [5, 5.41) is 5.38. The molecule has 1 N–H and O–H groups in total. The van der Waals surface area contributed by atoms with Gasteiger partial charge in [0.2, 0.25) is 0 Å². The van der Waals surface area contributed by atoms with Gasteiger partial charge in [-0.3, -0.25) is 4.90 Å². The standard InChI is InChI=1S/C14H19N3S/c1-15-8-14(12-6-4-3-5-7-12)17(2)9-13-10-18-11-16-13/h3-7,10-11,14-15H,8-9H2,1-2H3. The Morgan fingerprint density at radius 3 is 2.72 bits per heavy atom. The Balaban J connectivity index is 2.09. The topological polar surface area (TPSA) is 28.2 Å². The maximum atomic E-state index is 4.35. The fourth-order valence-corrected chi connectivity index (χ4v) is 2.63. The van der Waals surface area contributed by atoms with Crippen molar-refractivity contribution in [1.82, 2.24) is 15.2 Å². The van der Waals surface area contributed by atoms with Crippen LogP contribution >= 0.6 is 11.3 Å². The van der Waals surface area contributed by atoms with Gasteiger partial charge < -0.3 is 5.32 Å². The van der Waals surface area contributed by atoms with Crippen LogP contribution < -0.4 is 5.32 Å². The van der Waals surface area contributed by atoms with Gasteiger partial charge in [0.15, 0.2) is 0 Å². The van der Waals surface area contributed by atoms with E-state index >= 15 is 0 Å². The lowest BCUT2D eigenvalue weighted by atomic mass is 10.1. The van der Waals surface area contributed by atoms with Gasteiger partial charge in [-0.25, -0.2) is 4.98 Å². The summed E-state index contributed by atoms with van der Waals surface area (Å²) in [6.45, 7) is 1.81. The number of thiazole rings is 1. The summed E-state index contributed by atoms with van der Waals surface area (Å²) in [5.41, 5.74) is 4.36. The molecule has 96 valence electrons. The molecule has 4 heteroatoms. The van der Waals surface area contributed by atoms with E-state index in [1.165, 1.54) is 5.56 Å². The van der Waals surface area contributed by atoms with Crippen LogP contribution in [0.15, 0.2) is 41.2 Å². The molecule has 0 aliphatic rings. The highest BCUT2D eigenvalue weighted by Gasteiger charge is 2.16. The first-order chi connectivity index (χ1) is 8.81. The van der Waals surface area contributed by atoms with Crippen LogP contribution in [-0.4, -0.2) is 30.5 Å². The maximum absolute atomic E-state index is 4.35. The minimum atomic E-state index is 0.373. The highest BCUT2D eigenvalue weighted by Crippen LogP contribution is 2.20. The Bertz CT molecular complexity index is 441. The zero-order valence-electron chi connectivity index (χ0n) is 10.8. The first-order valence-corrected chi connectivity index (χ1v) is 7.02. The van der Waals surface area contributed by atoms with Crippen molar-refractivity contribution in [2.24, 2.45) is 0 Å². The minimum absolute atomic E-state index is 0.373. The van der Waals surface area contributed by atoms with E-state index < -0.39 is 0 Å². The van der Waals surface area contributed by atoms with Crippen LogP contribution in [-0.2, 0) is 6.54 Å². The third kappa shape index (κ3) is 3.38. The van der Waals surface area contributed by atoms with Crippen LogP contribution in [0.3, 0.4) is 0 Å². The zero-order chi connectivity index (χ0) is 12.8. The number of hydrogen-bond acceptors (Lipinski definition) is 4. The number of aromatic nitrogens is 1. The van der Waals surface area contributed by atoms with Crippen LogP contribution in [0.1, 0.15) is 17.3 Å². The molecule has 1 atom stereocenters. The lowest BCUT2D eigenvalue weighted by Crippen LogP contribution is -2.31. The Morgan fingerprint density at radius 1 is 1.33 bits per heavy atom. The molecular formula is C14H19N3S. The molecule has 1 aromatic heterocycles. The molecular weight excluding hydrogens is 242 g/mol. The van der Waals surface area contributed by atoms with Crippen LogP contribution in [0.5, 0.6) is 0 Å². The smallest absolute Gasteiger partial charge is 0.0795 e. The van der Waals surface area contributed by atoms with Gasteiger partial charge in [0.05, 0.1) is 11.2 Å². The summed E-state index contributed by atoms with van der Waals surface area (Å²) < 4.78 is 0. The molecule has 0 aliphatic carbocycles. The van der Waals surface area contributed by atoms with Gasteiger partial charge in [0.25, 0.3) is 0 Å². The van der Waals surface area contributed by atoms with Crippen LogP contribution in [0.2, 0.25) is 0 Å². The van der Waals surface area contributed by atoms with E-state index in [2.05, 4.69) is 58.0 Å². The first kappa shape index (κ1) is 13.2. The lowest BCUT2D eigenvalue weighted by molar-refractivity contribution is 0.231. The van der Waals surface area contributed by atoms with Crippen molar-refractivity contribution in [1.29, 1.82) is 0 Å². The summed E-state index contributed by atoms with van der Waals surface area (Å²) in [6.07, 6.45) is 0. The largest absolute Gasteiger partial charge is 0.318 e. The lowest BCUT2D eigenvalue weighted by Gasteiger charge is -2.27. The Kier molecular flexibility index (Phi) is 4.87. The molecule has 0 saturated heterocycles. The summed E-state index contributed by atoms with van der Waals surface area (Å²) >= 11 is 1.65. The molecule has 3 nitrogen and oxygen atoms in total. The average molecular weight is 261 g/mol. The monoisotopic (exact) mass is 261 g/mol. The fourth-order valence-electron chi connectivity index (χ4n) is 2.08. The molecule has 0 amide bonds. The molecule has 0 saturated carbocycles. The quantitative estimate of drug-likeness (QED) is 0.866. The highest BCUT2D eigenvalue weighted by atomic mass is 32.1. The van der Waals surface area contributed by atoms with Crippen LogP contribution in [0.4, 0.5) is 0 Å². The molecule has 1 aromatic carbocycles. The zero-order valence-corrected chi connectivity index (χ0v) is 11.7. The highest BCUT2D eigenvalue weighted by molar-refractivity contribution is 7.07. The predicted octanol–water partition coefficient (Wildman–Crippen LogP) is 2.54. The molecule has 2 aromatic rings. The van der Waals surface area contributed by atoms with Crippen molar-refractivity contribution < 1.29 is 0 Å². The van der Waals surface area contributed by atoms with E-state index in [0.717, 1.165) is 18.8 Å². The minimum Gasteiger partial charge on any atom is -0.318 e. The molecule has 18 heavy (non-hydrogen) atoms. The number of nitrogens with one attached hydrogen (secondary N) is 1. The van der Waals surface area contributed by atoms with Crippen LogP contribution in [0, 0.1) is 0 Å². The second-order valence-corrected chi connectivity index (χ2v) is 5.10. The predicted molar refractivity (Wildman–Crippen MR) is 76.7 cm³/mol. The van der Waals surface area contributed by atoms with Crippen molar-refractivity contribution in [2.75, 3.05) is 20.6 Å². The van der Waals surface area contributed by atoms with Crippen molar-refractivity contribution >= 4 is 11.3 Å². The first-order valence-electron chi connectivity index (χ1n) is 6.08. The van der Waals surface area contributed by atoms with Crippen molar-refractivity contribution in [3.05, 3.63) is 52.5 Å². The molecule has 2 rings (SSSR count). The number of hydrogen-bond donors (Lipinski definition) is 1. The summed E-state index contributed by atoms with van der Waals surface area (Å²) in [6, 6.07) is 11.0. The van der Waals surface area contributed by atoms with Gasteiger partial charge in [-0.1, -0.05) is 30.3 Å². The van der Waals surface area contributed by atoms with Crippen molar-refractivity contribution in [3.8, 4) is 0 Å². The van der Waals surface area contributed by atoms with Gasteiger partial charge in [0.1, 0.15) is 0 Å². The van der Waals surface area contributed by atoms with E-state index in [1.807, 2.05) is 12.6 Å². The number of likely N-dealkylation sites (N-methyl/N-ethyl adjacent to an activating group) is 2. The van der Waals surface area contributed by atoms with Gasteiger partial charge in [-0.15, -0.1) is 11.3 Å². The summed E-state index contributed by atoms with van der Waals surface area (Å²) in [5.74, 6) is 0. The molecule has 1 heterocycles. The number of rotatable bonds is 6. The SMILES string of the molecule is CNCC(c1ccccc1)N(C)Cc1cscn1. The normalized spacial score (nSPS) is 12.8. The molecule has 0 bridgehead atoms. The maximum Gasteiger partial charge on any atom is 0.0795 e. The average Bonchev–Trinajstić information content (AvgIpc) is 2.89. The molecule has 1 unspecified atom stereocenters. The second kappa shape index (κ2) is 6.64. The van der Waals surface area contributed by atoms with E-state index in [0.29, 0.717) is 6.04 Å². The Labute approximate surface area is 112 Å². The van der Waals surface area contributed by atoms with Gasteiger partial charge >= 0.3 is 0 Å². The molecule has 0 radical (unpaired) electrons. The molecule has 0 aliphatic heterocycles. The third-order valence-electron chi connectivity index (χ3n) is 3.01. The summed E-state index contributed by atoms with van der Waals surface area (Å²) in [4.78, 5) is 6.68. The third-order valence-corrected chi connectivity index (χ3v) is 3.64. The van der Waals surface area contributed by atoms with Crippen molar-refractivity contribution in [2.45, 2.75) is 12.6 Å². The number of benzene rings is 1. The number of nitrogens with zero attached hydrogens (tertiary/aromatic N) is 2.